The van der Waals surface area contributed by atoms with Gasteiger partial charge in [-0.1, -0.05) is 30.3 Å². The largest absolute Gasteiger partial charge is 0.378 e. The summed E-state index contributed by atoms with van der Waals surface area (Å²) in [7, 11) is 0. The molecule has 4 nitrogen and oxygen atoms in total. The quantitative estimate of drug-likeness (QED) is 0.851. The second kappa shape index (κ2) is 8.53. The molecule has 2 bridgehead atoms. The van der Waals surface area contributed by atoms with E-state index in [0.717, 1.165) is 45.4 Å². The number of nitrogens with one attached hydrogen (secondary N) is 1. The molecule has 4 rings (SSSR count). The van der Waals surface area contributed by atoms with Crippen molar-refractivity contribution in [1.82, 2.24) is 10.2 Å². The number of hydrogen-bond acceptors (Lipinski definition) is 3. The molecule has 1 amide bonds. The Labute approximate surface area is 157 Å². The fourth-order valence-corrected chi connectivity index (χ4v) is 4.98. The molecule has 1 N–H and O–H groups in total. The summed E-state index contributed by atoms with van der Waals surface area (Å²) < 4.78 is 6.06. The summed E-state index contributed by atoms with van der Waals surface area (Å²) in [5.41, 5.74) is 1.33. The Hall–Kier alpha value is -1.39. The van der Waals surface area contributed by atoms with E-state index in [1.807, 2.05) is 6.07 Å². The normalized spacial score (nSPS) is 29.1. The van der Waals surface area contributed by atoms with Gasteiger partial charge < -0.3 is 15.0 Å². The van der Waals surface area contributed by atoms with Crippen molar-refractivity contribution in [3.8, 4) is 0 Å². The van der Waals surface area contributed by atoms with Gasteiger partial charge in [-0.05, 0) is 56.4 Å². The van der Waals surface area contributed by atoms with Gasteiger partial charge in [0.2, 0.25) is 5.91 Å². The van der Waals surface area contributed by atoms with E-state index in [4.69, 9.17) is 4.74 Å². The smallest absolute Gasteiger partial charge is 0.222 e. The molecule has 3 fully saturated rings. The number of carbonyl (C=O) groups excluding carboxylic acids is 1. The minimum Gasteiger partial charge on any atom is -0.378 e. The Bertz CT molecular complexity index is 571. The summed E-state index contributed by atoms with van der Waals surface area (Å²) in [4.78, 5) is 14.8. The summed E-state index contributed by atoms with van der Waals surface area (Å²) in [6.45, 7) is 2.51. The van der Waals surface area contributed by atoms with E-state index in [2.05, 4.69) is 34.5 Å². The first-order chi connectivity index (χ1) is 12.8. The monoisotopic (exact) mass is 356 g/mol. The van der Waals surface area contributed by atoms with Crippen LogP contribution in [-0.4, -0.2) is 48.7 Å². The van der Waals surface area contributed by atoms with Gasteiger partial charge in [0.05, 0.1) is 12.7 Å². The van der Waals surface area contributed by atoms with Gasteiger partial charge in [-0.15, -0.1) is 0 Å². The molecule has 3 aliphatic heterocycles. The topological polar surface area (TPSA) is 41.6 Å². The minimum atomic E-state index is 0.317. The van der Waals surface area contributed by atoms with E-state index in [9.17, 15) is 4.79 Å². The van der Waals surface area contributed by atoms with Gasteiger partial charge in [-0.3, -0.25) is 4.79 Å². The van der Waals surface area contributed by atoms with Gasteiger partial charge in [0.1, 0.15) is 0 Å². The fraction of sp³-hybridized carbons (Fsp3) is 0.682. The van der Waals surface area contributed by atoms with E-state index < -0.39 is 0 Å². The molecule has 4 heteroatoms. The van der Waals surface area contributed by atoms with Crippen molar-refractivity contribution in [3.05, 3.63) is 35.9 Å². The SMILES string of the molecule is O=C(CC1CC2CCC(C1)N2)N1CCC(OCCc2ccccc2)CC1. The number of piperidine rings is 2. The van der Waals surface area contributed by atoms with Gasteiger partial charge in [0, 0.05) is 31.6 Å². The molecule has 2 atom stereocenters. The van der Waals surface area contributed by atoms with Crippen LogP contribution in [0.5, 0.6) is 0 Å². The highest BCUT2D eigenvalue weighted by molar-refractivity contribution is 5.76. The van der Waals surface area contributed by atoms with Crippen LogP contribution in [0.2, 0.25) is 0 Å². The minimum absolute atomic E-state index is 0.317. The zero-order valence-electron chi connectivity index (χ0n) is 15.7. The molecule has 3 heterocycles. The van der Waals surface area contributed by atoms with Crippen LogP contribution in [0.3, 0.4) is 0 Å². The lowest BCUT2D eigenvalue weighted by molar-refractivity contribution is -0.135. The van der Waals surface area contributed by atoms with Crippen LogP contribution < -0.4 is 5.32 Å². The Kier molecular flexibility index (Phi) is 5.91. The van der Waals surface area contributed by atoms with E-state index in [1.165, 1.54) is 31.2 Å². The first kappa shape index (κ1) is 18.0. The molecule has 1 aromatic carbocycles. The number of fused-ring (bicyclic) bond motifs is 2. The molecule has 0 saturated carbocycles. The molecule has 1 aromatic rings. The fourth-order valence-electron chi connectivity index (χ4n) is 4.98. The highest BCUT2D eigenvalue weighted by Crippen LogP contribution is 2.33. The van der Waals surface area contributed by atoms with Crippen LogP contribution in [0.4, 0.5) is 0 Å². The average molecular weight is 357 g/mol. The lowest BCUT2D eigenvalue weighted by Gasteiger charge is -2.34. The summed E-state index contributed by atoms with van der Waals surface area (Å²) >= 11 is 0. The lowest BCUT2D eigenvalue weighted by atomic mass is 9.89. The van der Waals surface area contributed by atoms with E-state index in [1.54, 1.807) is 0 Å². The van der Waals surface area contributed by atoms with Crippen molar-refractivity contribution in [2.45, 2.75) is 69.6 Å². The number of hydrogen-bond donors (Lipinski definition) is 1. The Morgan fingerprint density at radius 1 is 1.04 bits per heavy atom. The number of amides is 1. The van der Waals surface area contributed by atoms with Crippen LogP contribution in [-0.2, 0) is 16.0 Å². The summed E-state index contributed by atoms with van der Waals surface area (Å²) in [5.74, 6) is 0.972. The molecule has 142 valence electrons. The van der Waals surface area contributed by atoms with Gasteiger partial charge in [-0.25, -0.2) is 0 Å². The molecule has 0 radical (unpaired) electrons. The van der Waals surface area contributed by atoms with Gasteiger partial charge in [0.15, 0.2) is 0 Å². The maximum absolute atomic E-state index is 12.7. The number of likely N-dealkylation sites (tertiary alicyclic amines) is 1. The second-order valence-electron chi connectivity index (χ2n) is 8.37. The number of benzene rings is 1. The van der Waals surface area contributed by atoms with Gasteiger partial charge in [0.25, 0.3) is 0 Å². The molecule has 0 aromatic heterocycles. The number of ether oxygens (including phenoxy) is 1. The molecule has 3 saturated heterocycles. The maximum atomic E-state index is 12.7. The molecule has 2 unspecified atom stereocenters. The first-order valence-electron chi connectivity index (χ1n) is 10.5. The zero-order chi connectivity index (χ0) is 17.8. The summed E-state index contributed by atoms with van der Waals surface area (Å²) in [6, 6.07) is 11.9. The Balaban J connectivity index is 1.14. The van der Waals surface area contributed by atoms with Crippen LogP contribution >= 0.6 is 0 Å². The second-order valence-corrected chi connectivity index (χ2v) is 8.37. The number of carbonyl (C=O) groups is 1. The maximum Gasteiger partial charge on any atom is 0.222 e. The van der Waals surface area contributed by atoms with Crippen LogP contribution in [0.25, 0.3) is 0 Å². The molecule has 26 heavy (non-hydrogen) atoms. The molecular weight excluding hydrogens is 324 g/mol. The third-order valence-corrected chi connectivity index (χ3v) is 6.42. The summed E-state index contributed by atoms with van der Waals surface area (Å²) in [5, 5.41) is 3.67. The third kappa shape index (κ3) is 4.66. The van der Waals surface area contributed by atoms with Crippen LogP contribution in [0.15, 0.2) is 30.3 Å². The Morgan fingerprint density at radius 2 is 1.73 bits per heavy atom. The summed E-state index contributed by atoms with van der Waals surface area (Å²) in [6.07, 6.45) is 9.02. The van der Waals surface area contributed by atoms with E-state index in [0.29, 0.717) is 30.0 Å². The molecule has 0 aliphatic carbocycles. The van der Waals surface area contributed by atoms with Crippen molar-refractivity contribution < 1.29 is 9.53 Å². The van der Waals surface area contributed by atoms with Gasteiger partial charge >= 0.3 is 0 Å². The highest BCUT2D eigenvalue weighted by Gasteiger charge is 2.35. The predicted octanol–water partition coefficient (Wildman–Crippen LogP) is 3.16. The highest BCUT2D eigenvalue weighted by atomic mass is 16.5. The lowest BCUT2D eigenvalue weighted by Crippen LogP contribution is -2.43. The van der Waals surface area contributed by atoms with Crippen molar-refractivity contribution in [2.75, 3.05) is 19.7 Å². The predicted molar refractivity (Wildman–Crippen MR) is 103 cm³/mol. The molecule has 0 spiro atoms. The standard InChI is InChI=1S/C22H32N2O2/c25-22(16-18-14-19-6-7-20(15-18)23-19)24-11-8-21(9-12-24)26-13-10-17-4-2-1-3-5-17/h1-5,18-21,23H,6-16H2. The number of nitrogens with zero attached hydrogens (tertiary/aromatic N) is 1. The van der Waals surface area contributed by atoms with Crippen molar-refractivity contribution in [3.63, 3.8) is 0 Å². The van der Waals surface area contributed by atoms with Crippen molar-refractivity contribution in [2.24, 2.45) is 5.92 Å². The van der Waals surface area contributed by atoms with E-state index >= 15 is 0 Å². The van der Waals surface area contributed by atoms with Crippen molar-refractivity contribution >= 4 is 5.91 Å². The van der Waals surface area contributed by atoms with E-state index in [-0.39, 0.29) is 0 Å². The van der Waals surface area contributed by atoms with Gasteiger partial charge in [-0.2, -0.15) is 0 Å². The molecule has 3 aliphatic rings. The third-order valence-electron chi connectivity index (χ3n) is 6.42. The van der Waals surface area contributed by atoms with Crippen LogP contribution in [0.1, 0.15) is 50.5 Å². The zero-order valence-corrected chi connectivity index (χ0v) is 15.7. The van der Waals surface area contributed by atoms with Crippen LogP contribution in [0, 0.1) is 5.92 Å². The first-order valence-corrected chi connectivity index (χ1v) is 10.5. The average Bonchev–Trinajstić information content (AvgIpc) is 3.01. The number of rotatable bonds is 6. The Morgan fingerprint density at radius 3 is 2.42 bits per heavy atom. The molecular formula is C22H32N2O2. The van der Waals surface area contributed by atoms with Crippen molar-refractivity contribution in [1.29, 1.82) is 0 Å².